The van der Waals surface area contributed by atoms with E-state index < -0.39 is 44.2 Å². The van der Waals surface area contributed by atoms with Gasteiger partial charge in [-0.05, 0) is 41.5 Å². The molecule has 0 aliphatic carbocycles. The van der Waals surface area contributed by atoms with Gasteiger partial charge < -0.3 is 23.3 Å². The number of aromatic nitrogens is 2. The summed E-state index contributed by atoms with van der Waals surface area (Å²) in [5.74, 6) is -0.687. The average Bonchev–Trinajstić information content (AvgIpc) is 3.20. The lowest BCUT2D eigenvalue weighted by Gasteiger charge is -2.36. The van der Waals surface area contributed by atoms with Crippen molar-refractivity contribution < 1.29 is 28.1 Å². The fourth-order valence-electron chi connectivity index (χ4n) is 3.90. The highest BCUT2D eigenvalue weighted by molar-refractivity contribution is 7.44. The van der Waals surface area contributed by atoms with Crippen molar-refractivity contribution in [2.75, 3.05) is 13.2 Å². The van der Waals surface area contributed by atoms with E-state index >= 15 is 0 Å². The van der Waals surface area contributed by atoms with Crippen LogP contribution in [-0.2, 0) is 28.1 Å². The largest absolute Gasteiger partial charge is 0.459 e. The molecule has 1 aromatic heterocycles. The number of H-pyrrole nitrogens is 1. The number of nitrogens with zero attached hydrogens (tertiary/aromatic N) is 3. The second-order valence-electron chi connectivity index (χ2n) is 9.42. The fourth-order valence-corrected chi connectivity index (χ4v) is 5.52. The Bertz CT molecular complexity index is 1070. The molecule has 4 atom stereocenters. The van der Waals surface area contributed by atoms with Crippen LogP contribution in [0.15, 0.2) is 15.8 Å². The first-order chi connectivity index (χ1) is 17.4. The van der Waals surface area contributed by atoms with Crippen LogP contribution in [0, 0.1) is 18.3 Å². The van der Waals surface area contributed by atoms with Gasteiger partial charge in [-0.2, -0.15) is 5.26 Å². The SMILES string of the molecule is CC(=O)CCC(=O)OC1C[C@H](n2cc(C)c(=O)[nH]c2=O)O[C@@H]1COP(OCCC#N)N(C(C)C)C(C)C. The summed E-state index contributed by atoms with van der Waals surface area (Å²) < 4.78 is 27.1. The zero-order valence-corrected chi connectivity index (χ0v) is 23.2. The van der Waals surface area contributed by atoms with Crippen molar-refractivity contribution in [3.63, 3.8) is 0 Å². The van der Waals surface area contributed by atoms with E-state index in [9.17, 15) is 19.2 Å². The smallest absolute Gasteiger partial charge is 0.330 e. The molecule has 37 heavy (non-hydrogen) atoms. The maximum Gasteiger partial charge on any atom is 0.330 e. The van der Waals surface area contributed by atoms with Gasteiger partial charge in [0.05, 0.1) is 32.1 Å². The summed E-state index contributed by atoms with van der Waals surface area (Å²) in [7, 11) is -1.57. The summed E-state index contributed by atoms with van der Waals surface area (Å²) in [5, 5.41) is 8.91. The summed E-state index contributed by atoms with van der Waals surface area (Å²) in [5.41, 5.74) is -0.803. The molecule has 0 radical (unpaired) electrons. The van der Waals surface area contributed by atoms with Crippen molar-refractivity contribution >= 4 is 20.3 Å². The zero-order valence-electron chi connectivity index (χ0n) is 22.3. The quantitative estimate of drug-likeness (QED) is 0.212. The molecule has 206 valence electrons. The van der Waals surface area contributed by atoms with E-state index in [1.54, 1.807) is 6.92 Å². The first kappa shape index (κ1) is 30.8. The number of Topliss-reactive ketones (excluding diaryl/α,β-unsaturated/α-hetero) is 1. The van der Waals surface area contributed by atoms with Gasteiger partial charge in [0, 0.05) is 36.7 Å². The molecule has 1 N–H and O–H groups in total. The lowest BCUT2D eigenvalue weighted by Crippen LogP contribution is -2.36. The number of nitrogens with one attached hydrogen (secondary N) is 1. The van der Waals surface area contributed by atoms with Gasteiger partial charge >= 0.3 is 11.7 Å². The molecule has 0 saturated carbocycles. The van der Waals surface area contributed by atoms with Gasteiger partial charge in [0.2, 0.25) is 0 Å². The third-order valence-corrected chi connectivity index (χ3v) is 7.69. The Morgan fingerprint density at radius 2 is 1.92 bits per heavy atom. The molecule has 0 bridgehead atoms. The number of hydrogen-bond acceptors (Lipinski definition) is 10. The maximum atomic E-state index is 12.4. The Balaban J connectivity index is 2.25. The second-order valence-corrected chi connectivity index (χ2v) is 10.9. The van der Waals surface area contributed by atoms with Crippen molar-refractivity contribution in [3.8, 4) is 6.07 Å². The molecule has 13 heteroatoms. The standard InChI is InChI=1S/C24H37N4O8P/c1-15(2)28(16(3)4)37(33-11-7-10-25)34-14-20-19(36-22(30)9-8-18(6)29)12-21(35-20)27-13-17(5)23(31)26-24(27)32/h13,15-16,19-21H,7-9,11-12,14H2,1-6H3,(H,26,31,32)/t19?,20-,21-,37?/m1/s1. The molecule has 1 aromatic rings. The molecule has 0 spiro atoms. The fraction of sp³-hybridized carbons (Fsp3) is 0.708. The van der Waals surface area contributed by atoms with E-state index in [0.29, 0.717) is 5.56 Å². The first-order valence-electron chi connectivity index (χ1n) is 12.3. The van der Waals surface area contributed by atoms with Crippen LogP contribution in [0.4, 0.5) is 0 Å². The maximum absolute atomic E-state index is 12.4. The predicted molar refractivity (Wildman–Crippen MR) is 136 cm³/mol. The van der Waals surface area contributed by atoms with Crippen LogP contribution in [0.25, 0.3) is 0 Å². The first-order valence-corrected chi connectivity index (χ1v) is 13.4. The van der Waals surface area contributed by atoms with Gasteiger partial charge in [0.1, 0.15) is 24.2 Å². The molecule has 1 aliphatic heterocycles. The number of ketones is 1. The van der Waals surface area contributed by atoms with Crippen molar-refractivity contribution in [3.05, 3.63) is 32.6 Å². The summed E-state index contributed by atoms with van der Waals surface area (Å²) in [4.78, 5) is 50.2. The van der Waals surface area contributed by atoms with E-state index in [0.717, 1.165) is 0 Å². The number of hydrogen-bond donors (Lipinski definition) is 1. The Morgan fingerprint density at radius 1 is 1.24 bits per heavy atom. The summed E-state index contributed by atoms with van der Waals surface area (Å²) in [6.07, 6.45) is -0.552. The highest BCUT2D eigenvalue weighted by Gasteiger charge is 2.41. The number of carbonyl (C=O) groups is 2. The summed E-state index contributed by atoms with van der Waals surface area (Å²) in [6, 6.07) is 2.23. The van der Waals surface area contributed by atoms with Crippen molar-refractivity contribution in [2.45, 2.75) is 97.7 Å². The van der Waals surface area contributed by atoms with Crippen molar-refractivity contribution in [1.82, 2.24) is 14.2 Å². The van der Waals surface area contributed by atoms with Gasteiger partial charge in [0.25, 0.3) is 14.1 Å². The Labute approximate surface area is 217 Å². The monoisotopic (exact) mass is 540 g/mol. The van der Waals surface area contributed by atoms with Crippen molar-refractivity contribution in [2.24, 2.45) is 0 Å². The minimum Gasteiger partial charge on any atom is -0.459 e. The molecule has 1 aliphatic rings. The minimum atomic E-state index is -1.57. The molecule has 12 nitrogen and oxygen atoms in total. The number of ether oxygens (including phenoxy) is 2. The van der Waals surface area contributed by atoms with E-state index in [2.05, 4.69) is 15.7 Å². The number of aryl methyl sites for hydroxylation is 1. The molecule has 0 amide bonds. The highest BCUT2D eigenvalue weighted by atomic mass is 31.2. The Morgan fingerprint density at radius 3 is 2.51 bits per heavy atom. The van der Waals surface area contributed by atoms with Crippen LogP contribution in [0.1, 0.15) is 72.1 Å². The lowest BCUT2D eigenvalue weighted by molar-refractivity contribution is -0.153. The molecule has 2 rings (SSSR count). The van der Waals surface area contributed by atoms with Gasteiger partial charge in [-0.25, -0.2) is 9.46 Å². The normalized spacial score (nSPS) is 20.4. The van der Waals surface area contributed by atoms with Gasteiger partial charge in [-0.3, -0.25) is 19.1 Å². The van der Waals surface area contributed by atoms with Gasteiger partial charge in [0.15, 0.2) is 0 Å². The number of nitriles is 1. The van der Waals surface area contributed by atoms with Crippen LogP contribution < -0.4 is 11.2 Å². The Kier molecular flexibility index (Phi) is 12.1. The number of aromatic amines is 1. The third kappa shape index (κ3) is 9.13. The topological polar surface area (TPSA) is 153 Å². The summed E-state index contributed by atoms with van der Waals surface area (Å²) >= 11 is 0. The molecular formula is C24H37N4O8P. The van der Waals surface area contributed by atoms with Crippen LogP contribution in [0.2, 0.25) is 0 Å². The number of carbonyl (C=O) groups excluding carboxylic acids is 2. The number of esters is 1. The number of rotatable bonds is 14. The summed E-state index contributed by atoms with van der Waals surface area (Å²) in [6.45, 7) is 11.2. The predicted octanol–water partition coefficient (Wildman–Crippen LogP) is 2.71. The van der Waals surface area contributed by atoms with Crippen LogP contribution >= 0.6 is 8.53 Å². The van der Waals surface area contributed by atoms with E-state index in [-0.39, 0.29) is 56.8 Å². The molecule has 2 heterocycles. The Hall–Kier alpha value is -2.42. The molecular weight excluding hydrogens is 503 g/mol. The van der Waals surface area contributed by atoms with Gasteiger partial charge in [-0.15, -0.1) is 0 Å². The molecule has 0 aromatic carbocycles. The average molecular weight is 541 g/mol. The van der Waals surface area contributed by atoms with Crippen LogP contribution in [0.5, 0.6) is 0 Å². The third-order valence-electron chi connectivity index (χ3n) is 5.61. The zero-order chi connectivity index (χ0) is 27.7. The van der Waals surface area contributed by atoms with Crippen molar-refractivity contribution in [1.29, 1.82) is 5.26 Å². The van der Waals surface area contributed by atoms with E-state index in [4.69, 9.17) is 23.8 Å². The lowest BCUT2D eigenvalue weighted by atomic mass is 10.1. The van der Waals surface area contributed by atoms with Crippen LogP contribution in [0.3, 0.4) is 0 Å². The van der Waals surface area contributed by atoms with Gasteiger partial charge in [-0.1, -0.05) is 0 Å². The highest BCUT2D eigenvalue weighted by Crippen LogP contribution is 2.47. The van der Waals surface area contributed by atoms with E-state index in [1.165, 1.54) is 17.7 Å². The minimum absolute atomic E-state index is 0.00750. The molecule has 1 saturated heterocycles. The molecule has 1 fully saturated rings. The molecule has 2 unspecified atom stereocenters. The van der Waals surface area contributed by atoms with Crippen LogP contribution in [-0.4, -0.2) is 63.5 Å². The van der Waals surface area contributed by atoms with E-state index in [1.807, 2.05) is 27.7 Å². The second kappa shape index (κ2) is 14.5.